The van der Waals surface area contributed by atoms with Crippen LogP contribution in [0.25, 0.3) is 0 Å². The lowest BCUT2D eigenvalue weighted by Crippen LogP contribution is -2.44. The van der Waals surface area contributed by atoms with Gasteiger partial charge in [0.05, 0.1) is 0 Å². The fourth-order valence-corrected chi connectivity index (χ4v) is 3.49. The Morgan fingerprint density at radius 3 is 2.47 bits per heavy atom. The van der Waals surface area contributed by atoms with Gasteiger partial charge in [-0.3, -0.25) is 0 Å². The van der Waals surface area contributed by atoms with Gasteiger partial charge in [0.2, 0.25) is 0 Å². The van der Waals surface area contributed by atoms with Crippen molar-refractivity contribution < 1.29 is 0 Å². The van der Waals surface area contributed by atoms with Crippen LogP contribution in [0, 0.1) is 0 Å². The van der Waals surface area contributed by atoms with E-state index in [1.807, 2.05) is 0 Å². The first-order chi connectivity index (χ1) is 8.40. The van der Waals surface area contributed by atoms with Crippen LogP contribution >= 0.6 is 0 Å². The van der Waals surface area contributed by atoms with Crippen molar-refractivity contribution in [1.82, 2.24) is 10.2 Å². The molecule has 2 atom stereocenters. The number of rotatable bonds is 4. The van der Waals surface area contributed by atoms with Crippen LogP contribution in [0.5, 0.6) is 0 Å². The van der Waals surface area contributed by atoms with Gasteiger partial charge in [0.25, 0.3) is 0 Å². The predicted molar refractivity (Wildman–Crippen MR) is 74.4 cm³/mol. The van der Waals surface area contributed by atoms with Gasteiger partial charge in [-0.15, -0.1) is 0 Å². The highest BCUT2D eigenvalue weighted by atomic mass is 15.2. The van der Waals surface area contributed by atoms with Crippen LogP contribution in [0.1, 0.15) is 64.7 Å². The van der Waals surface area contributed by atoms with Gasteiger partial charge in [-0.2, -0.15) is 0 Å². The molecule has 1 N–H and O–H groups in total. The summed E-state index contributed by atoms with van der Waals surface area (Å²) < 4.78 is 0. The minimum absolute atomic E-state index is 0.803. The fourth-order valence-electron chi connectivity index (χ4n) is 3.49. The summed E-state index contributed by atoms with van der Waals surface area (Å²) in [5.74, 6) is 0. The normalized spacial score (nSPS) is 32.3. The molecule has 1 aliphatic carbocycles. The van der Waals surface area contributed by atoms with Gasteiger partial charge in [-0.1, -0.05) is 26.2 Å². The second kappa shape index (κ2) is 7.38. The van der Waals surface area contributed by atoms with Gasteiger partial charge >= 0.3 is 0 Å². The zero-order valence-corrected chi connectivity index (χ0v) is 11.6. The van der Waals surface area contributed by atoms with Crippen LogP contribution in [0.2, 0.25) is 0 Å². The first-order valence-corrected chi connectivity index (χ1v) is 7.87. The average Bonchev–Trinajstić information content (AvgIpc) is 2.65. The molecule has 0 spiro atoms. The van der Waals surface area contributed by atoms with Crippen molar-refractivity contribution in [2.45, 2.75) is 76.8 Å². The van der Waals surface area contributed by atoms with Crippen molar-refractivity contribution in [2.75, 3.05) is 19.6 Å². The van der Waals surface area contributed by atoms with E-state index in [9.17, 15) is 0 Å². The molecular formula is C15H30N2. The summed E-state index contributed by atoms with van der Waals surface area (Å²) in [4.78, 5) is 2.80. The Bertz CT molecular complexity index is 197. The van der Waals surface area contributed by atoms with E-state index < -0.39 is 0 Å². The van der Waals surface area contributed by atoms with Crippen molar-refractivity contribution in [3.8, 4) is 0 Å². The molecular weight excluding hydrogens is 208 g/mol. The molecule has 0 radical (unpaired) electrons. The standard InChI is InChI=1S/C15H30N2/c1-2-10-16-14-8-7-9-15(13-14)17-11-5-3-4-6-12-17/h14-16H,2-13H2,1H3. The molecule has 2 heteroatoms. The van der Waals surface area contributed by atoms with Crippen LogP contribution < -0.4 is 5.32 Å². The Balaban J connectivity index is 1.78. The zero-order chi connectivity index (χ0) is 11.9. The summed E-state index contributed by atoms with van der Waals surface area (Å²) in [7, 11) is 0. The highest BCUT2D eigenvalue weighted by Crippen LogP contribution is 2.25. The summed E-state index contributed by atoms with van der Waals surface area (Å²) in [5.41, 5.74) is 0. The Morgan fingerprint density at radius 1 is 1.00 bits per heavy atom. The smallest absolute Gasteiger partial charge is 0.0110 e. The number of nitrogens with zero attached hydrogens (tertiary/aromatic N) is 1. The molecule has 0 aromatic heterocycles. The first kappa shape index (κ1) is 13.4. The third-order valence-corrected chi connectivity index (χ3v) is 4.49. The van der Waals surface area contributed by atoms with Gasteiger partial charge in [-0.25, -0.2) is 0 Å². The van der Waals surface area contributed by atoms with Gasteiger partial charge < -0.3 is 10.2 Å². The average molecular weight is 238 g/mol. The Hall–Kier alpha value is -0.0800. The van der Waals surface area contributed by atoms with Gasteiger partial charge in [0.1, 0.15) is 0 Å². The van der Waals surface area contributed by atoms with Crippen LogP contribution in [0.15, 0.2) is 0 Å². The van der Waals surface area contributed by atoms with E-state index in [-0.39, 0.29) is 0 Å². The van der Waals surface area contributed by atoms with E-state index in [1.165, 1.54) is 77.4 Å². The van der Waals surface area contributed by atoms with Crippen molar-refractivity contribution in [1.29, 1.82) is 0 Å². The SMILES string of the molecule is CCCNC1CCCC(N2CCCCCC2)C1. The van der Waals surface area contributed by atoms with E-state index in [4.69, 9.17) is 0 Å². The van der Waals surface area contributed by atoms with E-state index in [1.54, 1.807) is 0 Å². The summed E-state index contributed by atoms with van der Waals surface area (Å²) >= 11 is 0. The van der Waals surface area contributed by atoms with E-state index in [0.717, 1.165) is 12.1 Å². The third-order valence-electron chi connectivity index (χ3n) is 4.49. The second-order valence-corrected chi connectivity index (χ2v) is 5.92. The van der Waals surface area contributed by atoms with Gasteiger partial charge in [0.15, 0.2) is 0 Å². The minimum Gasteiger partial charge on any atom is -0.314 e. The Kier molecular flexibility index (Phi) is 5.79. The van der Waals surface area contributed by atoms with Gasteiger partial charge in [-0.05, 0) is 58.2 Å². The Labute approximate surface area is 107 Å². The molecule has 2 nitrogen and oxygen atoms in total. The molecule has 17 heavy (non-hydrogen) atoms. The number of hydrogen-bond acceptors (Lipinski definition) is 2. The van der Waals surface area contributed by atoms with Crippen LogP contribution in [-0.2, 0) is 0 Å². The second-order valence-electron chi connectivity index (χ2n) is 5.92. The number of likely N-dealkylation sites (tertiary alicyclic amines) is 1. The monoisotopic (exact) mass is 238 g/mol. The molecule has 2 unspecified atom stereocenters. The summed E-state index contributed by atoms with van der Waals surface area (Å²) in [5, 5.41) is 3.73. The lowest BCUT2D eigenvalue weighted by atomic mass is 9.89. The zero-order valence-electron chi connectivity index (χ0n) is 11.6. The van der Waals surface area contributed by atoms with Gasteiger partial charge in [0, 0.05) is 12.1 Å². The molecule has 0 bridgehead atoms. The Morgan fingerprint density at radius 2 is 1.76 bits per heavy atom. The molecule has 100 valence electrons. The van der Waals surface area contributed by atoms with Crippen molar-refractivity contribution >= 4 is 0 Å². The van der Waals surface area contributed by atoms with E-state index >= 15 is 0 Å². The van der Waals surface area contributed by atoms with E-state index in [0.29, 0.717) is 0 Å². The molecule has 0 aromatic rings. The molecule has 1 aliphatic heterocycles. The molecule has 1 heterocycles. The van der Waals surface area contributed by atoms with Crippen molar-refractivity contribution in [2.24, 2.45) is 0 Å². The number of nitrogens with one attached hydrogen (secondary N) is 1. The van der Waals surface area contributed by atoms with Crippen molar-refractivity contribution in [3.05, 3.63) is 0 Å². The highest BCUT2D eigenvalue weighted by molar-refractivity contribution is 4.84. The maximum absolute atomic E-state index is 3.73. The topological polar surface area (TPSA) is 15.3 Å². The van der Waals surface area contributed by atoms with Crippen molar-refractivity contribution in [3.63, 3.8) is 0 Å². The van der Waals surface area contributed by atoms with Crippen LogP contribution in [0.3, 0.4) is 0 Å². The lowest BCUT2D eigenvalue weighted by Gasteiger charge is -2.37. The molecule has 0 aromatic carbocycles. The molecule has 1 saturated heterocycles. The van der Waals surface area contributed by atoms with Crippen LogP contribution in [0.4, 0.5) is 0 Å². The maximum Gasteiger partial charge on any atom is 0.0110 e. The summed E-state index contributed by atoms with van der Waals surface area (Å²) in [6, 6.07) is 1.69. The molecule has 2 rings (SSSR count). The molecule has 0 amide bonds. The predicted octanol–water partition coefficient (Wildman–Crippen LogP) is 3.17. The largest absolute Gasteiger partial charge is 0.314 e. The summed E-state index contributed by atoms with van der Waals surface area (Å²) in [6.45, 7) is 6.20. The first-order valence-electron chi connectivity index (χ1n) is 7.87. The minimum atomic E-state index is 0.803. The quantitative estimate of drug-likeness (QED) is 0.809. The molecule has 2 aliphatic rings. The third kappa shape index (κ3) is 4.26. The fraction of sp³-hybridized carbons (Fsp3) is 1.00. The highest BCUT2D eigenvalue weighted by Gasteiger charge is 2.26. The summed E-state index contributed by atoms with van der Waals surface area (Å²) in [6.07, 6.45) is 12.7. The number of hydrogen-bond donors (Lipinski definition) is 1. The molecule has 1 saturated carbocycles. The van der Waals surface area contributed by atoms with E-state index in [2.05, 4.69) is 17.1 Å². The lowest BCUT2D eigenvalue weighted by molar-refractivity contribution is 0.144. The van der Waals surface area contributed by atoms with Crippen LogP contribution in [-0.4, -0.2) is 36.6 Å². The molecule has 2 fully saturated rings. The maximum atomic E-state index is 3.73.